The van der Waals surface area contributed by atoms with Gasteiger partial charge in [-0.05, 0) is 31.1 Å². The van der Waals surface area contributed by atoms with Gasteiger partial charge in [-0.15, -0.1) is 0 Å². The fourth-order valence-electron chi connectivity index (χ4n) is 2.91. The Balaban J connectivity index is 1.87. The van der Waals surface area contributed by atoms with E-state index < -0.39 is 0 Å². The van der Waals surface area contributed by atoms with E-state index >= 15 is 0 Å². The minimum Gasteiger partial charge on any atom is -0.344 e. The maximum absolute atomic E-state index is 6.19. The Morgan fingerprint density at radius 2 is 2.16 bits per heavy atom. The molecule has 0 aromatic carbocycles. The van der Waals surface area contributed by atoms with Crippen LogP contribution in [0.3, 0.4) is 0 Å². The molecule has 2 rings (SSSR count). The number of halogens is 1. The van der Waals surface area contributed by atoms with Gasteiger partial charge < -0.3 is 10.3 Å². The number of H-pyrrole nitrogens is 1. The van der Waals surface area contributed by atoms with E-state index in [9.17, 15) is 0 Å². The molecule has 0 bridgehead atoms. The van der Waals surface area contributed by atoms with Crippen LogP contribution in [0.25, 0.3) is 0 Å². The van der Waals surface area contributed by atoms with Crippen molar-refractivity contribution in [1.82, 2.24) is 15.3 Å². The van der Waals surface area contributed by atoms with Crippen molar-refractivity contribution < 1.29 is 0 Å². The van der Waals surface area contributed by atoms with Crippen molar-refractivity contribution in [1.29, 1.82) is 0 Å². The van der Waals surface area contributed by atoms with E-state index in [2.05, 4.69) is 36.1 Å². The number of aromatic amines is 1. The molecule has 1 aromatic rings. The molecule has 2 N–H and O–H groups in total. The van der Waals surface area contributed by atoms with Crippen LogP contribution in [0.15, 0.2) is 0 Å². The lowest BCUT2D eigenvalue weighted by Gasteiger charge is -2.19. The summed E-state index contributed by atoms with van der Waals surface area (Å²) in [7, 11) is 0. The van der Waals surface area contributed by atoms with Crippen molar-refractivity contribution in [3.63, 3.8) is 0 Å². The Labute approximate surface area is 121 Å². The van der Waals surface area contributed by atoms with Crippen molar-refractivity contribution >= 4 is 11.6 Å². The van der Waals surface area contributed by atoms with E-state index in [1.807, 2.05) is 0 Å². The van der Waals surface area contributed by atoms with Gasteiger partial charge in [0.2, 0.25) is 0 Å². The van der Waals surface area contributed by atoms with Gasteiger partial charge in [0.15, 0.2) is 5.15 Å². The second-order valence-corrected chi connectivity index (χ2v) is 6.32. The number of rotatable bonds is 6. The van der Waals surface area contributed by atoms with Gasteiger partial charge in [0.1, 0.15) is 5.82 Å². The number of nitrogens with zero attached hydrogens (tertiary/aromatic N) is 1. The molecule has 0 spiro atoms. The van der Waals surface area contributed by atoms with Gasteiger partial charge in [-0.1, -0.05) is 38.8 Å². The monoisotopic (exact) mass is 283 g/mol. The first-order valence-electron chi connectivity index (χ1n) is 7.58. The summed E-state index contributed by atoms with van der Waals surface area (Å²) in [6, 6.07) is 0.619. The normalized spacial score (nSPS) is 27.1. The van der Waals surface area contributed by atoms with Crippen LogP contribution in [0.5, 0.6) is 0 Å². The summed E-state index contributed by atoms with van der Waals surface area (Å²) in [5, 5.41) is 4.27. The molecule has 1 aliphatic rings. The minimum absolute atomic E-state index is 0.619. The Kier molecular flexibility index (Phi) is 5.28. The first-order chi connectivity index (χ1) is 9.11. The van der Waals surface area contributed by atoms with E-state index in [4.69, 9.17) is 11.6 Å². The van der Waals surface area contributed by atoms with Gasteiger partial charge in [0.05, 0.1) is 5.69 Å². The van der Waals surface area contributed by atoms with Crippen LogP contribution >= 0.6 is 11.6 Å². The first kappa shape index (κ1) is 14.9. The summed E-state index contributed by atoms with van der Waals surface area (Å²) in [5.74, 6) is 2.60. The van der Waals surface area contributed by atoms with Crippen LogP contribution in [0.1, 0.15) is 58.0 Å². The summed E-state index contributed by atoms with van der Waals surface area (Å²) in [6.45, 7) is 7.68. The number of aromatic nitrogens is 2. The average molecular weight is 284 g/mol. The molecule has 3 nitrogen and oxygen atoms in total. The van der Waals surface area contributed by atoms with Gasteiger partial charge in [0.25, 0.3) is 0 Å². The van der Waals surface area contributed by atoms with Gasteiger partial charge in [-0.3, -0.25) is 0 Å². The molecule has 1 saturated carbocycles. The molecule has 1 heterocycles. The molecule has 4 heteroatoms. The van der Waals surface area contributed by atoms with Crippen LogP contribution in [-0.4, -0.2) is 16.0 Å². The van der Waals surface area contributed by atoms with Crippen molar-refractivity contribution in [3.8, 4) is 0 Å². The zero-order valence-electron chi connectivity index (χ0n) is 12.3. The maximum atomic E-state index is 6.19. The number of imidazole rings is 1. The topological polar surface area (TPSA) is 40.7 Å². The second-order valence-electron chi connectivity index (χ2n) is 5.96. The second kappa shape index (κ2) is 6.76. The third-order valence-corrected chi connectivity index (χ3v) is 4.86. The Morgan fingerprint density at radius 3 is 2.79 bits per heavy atom. The predicted octanol–water partition coefficient (Wildman–Crippen LogP) is 3.93. The van der Waals surface area contributed by atoms with Crippen LogP contribution in [-0.2, 0) is 13.0 Å². The molecule has 0 saturated heterocycles. The SMILES string of the molecule is CCCCc1nc(Cl)c(CNC2CCC(C)C2C)[nH]1. The van der Waals surface area contributed by atoms with Gasteiger partial charge >= 0.3 is 0 Å². The third-order valence-electron chi connectivity index (χ3n) is 4.55. The van der Waals surface area contributed by atoms with Crippen LogP contribution < -0.4 is 5.32 Å². The lowest BCUT2D eigenvalue weighted by molar-refractivity contribution is 0.369. The smallest absolute Gasteiger partial charge is 0.151 e. The summed E-state index contributed by atoms with van der Waals surface area (Å²) in [6.07, 6.45) is 5.94. The number of unbranched alkanes of at least 4 members (excludes halogenated alkanes) is 1. The molecule has 1 aromatic heterocycles. The van der Waals surface area contributed by atoms with Gasteiger partial charge in [0, 0.05) is 19.0 Å². The molecule has 3 unspecified atom stereocenters. The molecular formula is C15H26ClN3. The van der Waals surface area contributed by atoms with Crippen molar-refractivity contribution in [3.05, 3.63) is 16.7 Å². The van der Waals surface area contributed by atoms with Crippen molar-refractivity contribution in [2.24, 2.45) is 11.8 Å². The highest BCUT2D eigenvalue weighted by molar-refractivity contribution is 6.30. The van der Waals surface area contributed by atoms with Crippen molar-refractivity contribution in [2.45, 2.75) is 65.5 Å². The lowest BCUT2D eigenvalue weighted by atomic mass is 9.98. The highest BCUT2D eigenvalue weighted by atomic mass is 35.5. The van der Waals surface area contributed by atoms with Crippen LogP contribution in [0.4, 0.5) is 0 Å². The van der Waals surface area contributed by atoms with E-state index in [1.165, 1.54) is 19.3 Å². The molecule has 1 aliphatic carbocycles. The third kappa shape index (κ3) is 3.73. The fourth-order valence-corrected chi connectivity index (χ4v) is 3.12. The number of nitrogens with one attached hydrogen (secondary N) is 2. The summed E-state index contributed by atoms with van der Waals surface area (Å²) < 4.78 is 0. The Hall–Kier alpha value is -0.540. The molecule has 0 radical (unpaired) electrons. The van der Waals surface area contributed by atoms with Gasteiger partial charge in [-0.2, -0.15) is 0 Å². The zero-order valence-corrected chi connectivity index (χ0v) is 13.1. The molecule has 1 fully saturated rings. The first-order valence-corrected chi connectivity index (χ1v) is 7.96. The molecular weight excluding hydrogens is 258 g/mol. The molecule has 3 atom stereocenters. The van der Waals surface area contributed by atoms with E-state index in [-0.39, 0.29) is 0 Å². The average Bonchev–Trinajstić information content (AvgIpc) is 2.90. The predicted molar refractivity (Wildman–Crippen MR) is 80.4 cm³/mol. The Morgan fingerprint density at radius 1 is 1.37 bits per heavy atom. The summed E-state index contributed by atoms with van der Waals surface area (Å²) in [4.78, 5) is 7.76. The number of aryl methyl sites for hydroxylation is 1. The zero-order chi connectivity index (χ0) is 13.8. The van der Waals surface area contributed by atoms with E-state index in [0.717, 1.165) is 42.7 Å². The highest BCUT2D eigenvalue weighted by Crippen LogP contribution is 2.31. The van der Waals surface area contributed by atoms with Gasteiger partial charge in [-0.25, -0.2) is 4.98 Å². The lowest BCUT2D eigenvalue weighted by Crippen LogP contribution is -2.32. The number of hydrogen-bond acceptors (Lipinski definition) is 2. The van der Waals surface area contributed by atoms with Crippen molar-refractivity contribution in [2.75, 3.05) is 0 Å². The largest absolute Gasteiger partial charge is 0.344 e. The molecule has 0 aliphatic heterocycles. The Bertz CT molecular complexity index is 402. The maximum Gasteiger partial charge on any atom is 0.151 e. The van der Waals surface area contributed by atoms with Crippen LogP contribution in [0.2, 0.25) is 5.15 Å². The summed E-state index contributed by atoms with van der Waals surface area (Å²) >= 11 is 6.19. The molecule has 19 heavy (non-hydrogen) atoms. The van der Waals surface area contributed by atoms with E-state index in [0.29, 0.717) is 11.2 Å². The standard InChI is InChI=1S/C15H26ClN3/c1-4-5-6-14-18-13(15(16)19-14)9-17-12-8-7-10(2)11(12)3/h10-12,17H,4-9H2,1-3H3,(H,18,19). The minimum atomic E-state index is 0.619. The van der Waals surface area contributed by atoms with E-state index in [1.54, 1.807) is 0 Å². The van der Waals surface area contributed by atoms with Crippen LogP contribution in [0, 0.1) is 11.8 Å². The summed E-state index contributed by atoms with van der Waals surface area (Å²) in [5.41, 5.74) is 1.04. The highest BCUT2D eigenvalue weighted by Gasteiger charge is 2.29. The number of hydrogen-bond donors (Lipinski definition) is 2. The molecule has 108 valence electrons. The fraction of sp³-hybridized carbons (Fsp3) is 0.800. The molecule has 0 amide bonds. The quantitative estimate of drug-likeness (QED) is 0.830.